The predicted octanol–water partition coefficient (Wildman–Crippen LogP) is 5.08. The maximum Gasteiger partial charge on any atom is 0.263 e. The molecule has 1 aliphatic rings. The molecule has 1 fully saturated rings. The van der Waals surface area contributed by atoms with E-state index in [0.29, 0.717) is 11.4 Å². The largest absolute Gasteiger partial charge is 0.378 e. The molecule has 2 N–H and O–H groups in total. The minimum Gasteiger partial charge on any atom is -0.378 e. The highest BCUT2D eigenvalue weighted by atomic mass is 32.1. The van der Waals surface area contributed by atoms with E-state index in [1.807, 2.05) is 79.7 Å². The number of benzene rings is 2. The van der Waals surface area contributed by atoms with Crippen LogP contribution in [0.25, 0.3) is 15.9 Å². The highest BCUT2D eigenvalue weighted by Crippen LogP contribution is 2.38. The molecule has 2 aromatic carbocycles. The van der Waals surface area contributed by atoms with E-state index in [2.05, 4.69) is 15.5 Å². The first-order valence-electron chi connectivity index (χ1n) is 12.8. The van der Waals surface area contributed by atoms with Crippen LogP contribution >= 0.6 is 11.3 Å². The molecule has 1 amide bonds. The second-order valence-corrected chi connectivity index (χ2v) is 10.6. The van der Waals surface area contributed by atoms with Gasteiger partial charge in [0.25, 0.3) is 11.5 Å². The number of carbonyl (C=O) groups is 1. The number of likely N-dealkylation sites (tertiary alicyclic amines) is 1. The van der Waals surface area contributed by atoms with Crippen LogP contribution < -0.4 is 21.1 Å². The summed E-state index contributed by atoms with van der Waals surface area (Å²) < 4.78 is 1.69. The lowest BCUT2D eigenvalue weighted by Gasteiger charge is -2.26. The Kier molecular flexibility index (Phi) is 7.58. The number of nitrogens with one attached hydrogen (secondary N) is 2. The van der Waals surface area contributed by atoms with Crippen LogP contribution in [-0.4, -0.2) is 55.6 Å². The minimum absolute atomic E-state index is 0.126. The van der Waals surface area contributed by atoms with Gasteiger partial charge in [0.05, 0.1) is 11.4 Å². The summed E-state index contributed by atoms with van der Waals surface area (Å²) in [4.78, 5) is 32.3. The van der Waals surface area contributed by atoms with E-state index >= 15 is 0 Å². The van der Waals surface area contributed by atoms with E-state index in [0.717, 1.165) is 52.6 Å². The number of anilines is 3. The highest BCUT2D eigenvalue weighted by molar-refractivity contribution is 7.21. The SMILES string of the molecule is CN(C)c1ccc(-n2c(=O)ccc3c(Nc4ccccc4)c(C(=O)NCCN4CCCCC4)sc32)cc1. The number of amides is 1. The maximum atomic E-state index is 13.5. The van der Waals surface area contributed by atoms with E-state index in [4.69, 9.17) is 0 Å². The third-order valence-electron chi connectivity index (χ3n) is 6.78. The Hall–Kier alpha value is -3.62. The van der Waals surface area contributed by atoms with Crippen molar-refractivity contribution in [3.63, 3.8) is 0 Å². The van der Waals surface area contributed by atoms with E-state index in [-0.39, 0.29) is 11.5 Å². The summed E-state index contributed by atoms with van der Waals surface area (Å²) in [6.45, 7) is 3.63. The number of pyridine rings is 1. The molecule has 0 atom stereocenters. The average molecular weight is 516 g/mol. The number of thiophene rings is 1. The number of fused-ring (bicyclic) bond motifs is 1. The third-order valence-corrected chi connectivity index (χ3v) is 7.97. The second-order valence-electron chi connectivity index (χ2n) is 9.59. The Bertz CT molecular complexity index is 1420. The summed E-state index contributed by atoms with van der Waals surface area (Å²) in [6.07, 6.45) is 3.74. The monoisotopic (exact) mass is 515 g/mol. The molecule has 0 spiro atoms. The lowest BCUT2D eigenvalue weighted by molar-refractivity contribution is 0.0951. The van der Waals surface area contributed by atoms with Gasteiger partial charge in [-0.3, -0.25) is 14.2 Å². The fourth-order valence-corrected chi connectivity index (χ4v) is 5.95. The average Bonchev–Trinajstić information content (AvgIpc) is 3.28. The summed E-state index contributed by atoms with van der Waals surface area (Å²) in [7, 11) is 3.97. The molecule has 2 aromatic heterocycles. The standard InChI is InChI=1S/C29H33N5O2S/c1-32(2)22-11-13-23(14-12-22)34-25(35)16-15-24-26(31-21-9-5-3-6-10-21)27(37-29(24)34)28(36)30-17-20-33-18-7-4-8-19-33/h3,5-6,9-16,31H,4,7-8,17-20H2,1-2H3,(H,30,36). The van der Waals surface area contributed by atoms with Gasteiger partial charge in [0.2, 0.25) is 0 Å². The van der Waals surface area contributed by atoms with Crippen LogP contribution in [0, 0.1) is 0 Å². The van der Waals surface area contributed by atoms with Gasteiger partial charge in [-0.25, -0.2) is 0 Å². The molecule has 4 aromatic rings. The lowest BCUT2D eigenvalue weighted by atomic mass is 10.1. The summed E-state index contributed by atoms with van der Waals surface area (Å²) in [5.41, 5.74) is 3.30. The van der Waals surface area contributed by atoms with Crippen LogP contribution in [0.4, 0.5) is 17.1 Å². The lowest BCUT2D eigenvalue weighted by Crippen LogP contribution is -2.37. The minimum atomic E-state index is -0.130. The van der Waals surface area contributed by atoms with Crippen molar-refractivity contribution in [3.05, 3.63) is 82.0 Å². The first-order chi connectivity index (χ1) is 18.0. The molecule has 0 radical (unpaired) electrons. The smallest absolute Gasteiger partial charge is 0.263 e. The van der Waals surface area contributed by atoms with E-state index in [1.165, 1.54) is 30.6 Å². The van der Waals surface area contributed by atoms with Gasteiger partial charge < -0.3 is 20.4 Å². The van der Waals surface area contributed by atoms with Crippen LogP contribution in [0.3, 0.4) is 0 Å². The zero-order valence-electron chi connectivity index (χ0n) is 21.4. The molecule has 0 aliphatic carbocycles. The van der Waals surface area contributed by atoms with Crippen LogP contribution in [-0.2, 0) is 0 Å². The van der Waals surface area contributed by atoms with Crippen molar-refractivity contribution in [2.75, 3.05) is 50.5 Å². The van der Waals surface area contributed by atoms with Gasteiger partial charge >= 0.3 is 0 Å². The summed E-state index contributed by atoms with van der Waals surface area (Å²) in [5.74, 6) is -0.126. The topological polar surface area (TPSA) is 69.6 Å². The van der Waals surface area contributed by atoms with E-state index in [9.17, 15) is 9.59 Å². The fourth-order valence-electron chi connectivity index (χ4n) is 4.77. The molecule has 0 unspecified atom stereocenters. The first-order valence-corrected chi connectivity index (χ1v) is 13.6. The molecule has 3 heterocycles. The molecule has 7 nitrogen and oxygen atoms in total. The van der Waals surface area contributed by atoms with Gasteiger partial charge in [0.1, 0.15) is 9.71 Å². The molecular formula is C29H33N5O2S. The molecule has 192 valence electrons. The van der Waals surface area contributed by atoms with Gasteiger partial charge in [-0.1, -0.05) is 24.6 Å². The van der Waals surface area contributed by atoms with Crippen molar-refractivity contribution in [3.8, 4) is 5.69 Å². The van der Waals surface area contributed by atoms with Crippen LogP contribution in [0.1, 0.15) is 28.9 Å². The Morgan fingerprint density at radius 2 is 1.68 bits per heavy atom. The Balaban J connectivity index is 1.52. The molecule has 37 heavy (non-hydrogen) atoms. The number of hydrogen-bond donors (Lipinski definition) is 2. The van der Waals surface area contributed by atoms with Gasteiger partial charge in [0.15, 0.2) is 0 Å². The highest BCUT2D eigenvalue weighted by Gasteiger charge is 2.22. The van der Waals surface area contributed by atoms with Crippen molar-refractivity contribution in [2.45, 2.75) is 19.3 Å². The summed E-state index contributed by atoms with van der Waals surface area (Å²) in [6, 6.07) is 21.1. The summed E-state index contributed by atoms with van der Waals surface area (Å²) in [5, 5.41) is 7.42. The Morgan fingerprint density at radius 3 is 2.38 bits per heavy atom. The number of nitrogens with zero attached hydrogens (tertiary/aromatic N) is 3. The molecule has 1 aliphatic heterocycles. The zero-order valence-corrected chi connectivity index (χ0v) is 22.2. The molecular weight excluding hydrogens is 482 g/mol. The van der Waals surface area contributed by atoms with E-state index in [1.54, 1.807) is 10.6 Å². The first kappa shape index (κ1) is 25.0. The van der Waals surface area contributed by atoms with E-state index < -0.39 is 0 Å². The molecule has 5 rings (SSSR count). The third kappa shape index (κ3) is 5.55. The van der Waals surface area contributed by atoms with Crippen molar-refractivity contribution in [1.29, 1.82) is 0 Å². The summed E-state index contributed by atoms with van der Waals surface area (Å²) >= 11 is 1.35. The second kappa shape index (κ2) is 11.2. The Morgan fingerprint density at radius 1 is 0.946 bits per heavy atom. The number of rotatable bonds is 8. The predicted molar refractivity (Wildman–Crippen MR) is 154 cm³/mol. The molecule has 0 saturated carbocycles. The van der Waals surface area contributed by atoms with Crippen molar-refractivity contribution in [1.82, 2.24) is 14.8 Å². The molecule has 1 saturated heterocycles. The van der Waals surface area contributed by atoms with Crippen molar-refractivity contribution < 1.29 is 4.79 Å². The quantitative estimate of drug-likeness (QED) is 0.343. The zero-order chi connectivity index (χ0) is 25.8. The van der Waals surface area contributed by atoms with Crippen LogP contribution in [0.15, 0.2) is 71.5 Å². The number of para-hydroxylation sites is 1. The molecule has 8 heteroatoms. The number of aromatic nitrogens is 1. The normalized spacial score (nSPS) is 14.0. The molecule has 0 bridgehead atoms. The van der Waals surface area contributed by atoms with Crippen molar-refractivity contribution >= 4 is 44.5 Å². The number of carbonyl (C=O) groups excluding carboxylic acids is 1. The van der Waals surface area contributed by atoms with Gasteiger partial charge in [-0.15, -0.1) is 11.3 Å². The van der Waals surface area contributed by atoms with Crippen LogP contribution in [0.5, 0.6) is 0 Å². The van der Waals surface area contributed by atoms with Gasteiger partial charge in [0, 0.05) is 50.0 Å². The van der Waals surface area contributed by atoms with Crippen molar-refractivity contribution in [2.24, 2.45) is 0 Å². The number of hydrogen-bond acceptors (Lipinski definition) is 6. The maximum absolute atomic E-state index is 13.5. The number of piperidine rings is 1. The van der Waals surface area contributed by atoms with Crippen LogP contribution in [0.2, 0.25) is 0 Å². The van der Waals surface area contributed by atoms with Gasteiger partial charge in [-0.05, 0) is 68.4 Å². The fraction of sp³-hybridized carbons (Fsp3) is 0.310. The van der Waals surface area contributed by atoms with Gasteiger partial charge in [-0.2, -0.15) is 0 Å². The Labute approximate surface area is 221 Å².